The molecule has 7 heteroatoms. The molecule has 1 aliphatic heterocycles. The summed E-state index contributed by atoms with van der Waals surface area (Å²) in [5.41, 5.74) is -0.431. The molecule has 0 radical (unpaired) electrons. The van der Waals surface area contributed by atoms with Gasteiger partial charge in [0, 0.05) is 5.25 Å². The van der Waals surface area contributed by atoms with E-state index in [0.29, 0.717) is 6.42 Å². The van der Waals surface area contributed by atoms with Crippen LogP contribution >= 0.6 is 11.8 Å². The van der Waals surface area contributed by atoms with Crippen LogP contribution in [0.3, 0.4) is 0 Å². The average molecular weight is 307 g/mol. The largest absolute Gasteiger partial charge is 0.394 e. The Balaban J connectivity index is 1.76. The van der Waals surface area contributed by atoms with E-state index >= 15 is 0 Å². The number of amides is 1. The quantitative estimate of drug-likeness (QED) is 0.765. The van der Waals surface area contributed by atoms with E-state index < -0.39 is 15.4 Å². The molecule has 2 N–H and O–H groups in total. The van der Waals surface area contributed by atoms with Gasteiger partial charge in [0.15, 0.2) is 9.84 Å². The lowest BCUT2D eigenvalue weighted by molar-refractivity contribution is -0.121. The van der Waals surface area contributed by atoms with Gasteiger partial charge in [0.05, 0.1) is 29.4 Å². The van der Waals surface area contributed by atoms with Crippen LogP contribution in [0, 0.1) is 0 Å². The highest BCUT2D eigenvalue weighted by molar-refractivity contribution is 8.02. The molecule has 0 aromatic rings. The highest BCUT2D eigenvalue weighted by atomic mass is 32.2. The van der Waals surface area contributed by atoms with Crippen LogP contribution in [0.15, 0.2) is 0 Å². The van der Waals surface area contributed by atoms with Crippen molar-refractivity contribution >= 4 is 27.5 Å². The minimum absolute atomic E-state index is 0.0127. The van der Waals surface area contributed by atoms with Gasteiger partial charge in [0.2, 0.25) is 5.91 Å². The Kier molecular flexibility index (Phi) is 4.79. The van der Waals surface area contributed by atoms with Gasteiger partial charge in [-0.15, -0.1) is 11.8 Å². The molecule has 1 unspecified atom stereocenters. The van der Waals surface area contributed by atoms with Crippen molar-refractivity contribution in [2.24, 2.45) is 0 Å². The molecule has 0 bridgehead atoms. The van der Waals surface area contributed by atoms with Gasteiger partial charge in [0.25, 0.3) is 0 Å². The first kappa shape index (κ1) is 15.1. The molecular weight excluding hydrogens is 286 g/mol. The van der Waals surface area contributed by atoms with Gasteiger partial charge < -0.3 is 10.4 Å². The van der Waals surface area contributed by atoms with E-state index in [1.807, 2.05) is 0 Å². The Labute approximate surface area is 118 Å². The van der Waals surface area contributed by atoms with E-state index in [1.54, 1.807) is 0 Å². The summed E-state index contributed by atoms with van der Waals surface area (Å²) in [6.07, 6.45) is 4.38. The second kappa shape index (κ2) is 6.01. The fourth-order valence-electron chi connectivity index (χ4n) is 2.79. The third kappa shape index (κ3) is 4.10. The van der Waals surface area contributed by atoms with Gasteiger partial charge in [-0.3, -0.25) is 4.79 Å². The lowest BCUT2D eigenvalue weighted by Crippen LogP contribution is -2.50. The zero-order valence-corrected chi connectivity index (χ0v) is 12.6. The summed E-state index contributed by atoms with van der Waals surface area (Å²) < 4.78 is 22.6. The fourth-order valence-corrected chi connectivity index (χ4v) is 6.24. The monoisotopic (exact) mass is 307 g/mol. The molecule has 110 valence electrons. The zero-order valence-electron chi connectivity index (χ0n) is 10.9. The molecule has 1 saturated carbocycles. The number of nitrogens with one attached hydrogen (secondary N) is 1. The van der Waals surface area contributed by atoms with E-state index in [1.165, 1.54) is 11.8 Å². The first-order valence-electron chi connectivity index (χ1n) is 6.69. The molecule has 1 heterocycles. The Hall–Kier alpha value is -0.270. The van der Waals surface area contributed by atoms with Gasteiger partial charge in [-0.2, -0.15) is 0 Å². The second-order valence-electron chi connectivity index (χ2n) is 5.53. The molecule has 1 aliphatic carbocycles. The number of thioether (sulfide) groups is 1. The number of carbonyl (C=O) groups excluding carboxylic acids is 1. The molecule has 2 fully saturated rings. The number of rotatable bonds is 5. The predicted octanol–water partition coefficient (Wildman–Crippen LogP) is 0.328. The van der Waals surface area contributed by atoms with Crippen LogP contribution < -0.4 is 5.32 Å². The van der Waals surface area contributed by atoms with Crippen molar-refractivity contribution in [1.29, 1.82) is 0 Å². The van der Waals surface area contributed by atoms with Crippen molar-refractivity contribution in [3.63, 3.8) is 0 Å². The number of hydrogen-bond acceptors (Lipinski definition) is 5. The van der Waals surface area contributed by atoms with Crippen LogP contribution in [-0.4, -0.2) is 54.1 Å². The summed E-state index contributed by atoms with van der Waals surface area (Å²) in [6, 6.07) is 0. The van der Waals surface area contributed by atoms with Gasteiger partial charge in [0.1, 0.15) is 0 Å². The van der Waals surface area contributed by atoms with E-state index in [-0.39, 0.29) is 35.0 Å². The maximum atomic E-state index is 11.9. The molecule has 2 aliphatic rings. The number of carbonyl (C=O) groups is 1. The number of sulfone groups is 1. The Morgan fingerprint density at radius 2 is 2.05 bits per heavy atom. The van der Waals surface area contributed by atoms with Gasteiger partial charge in [-0.05, 0) is 19.3 Å². The summed E-state index contributed by atoms with van der Waals surface area (Å²) in [5.74, 6) is 0.621. The second-order valence-corrected chi connectivity index (χ2v) is 9.05. The van der Waals surface area contributed by atoms with E-state index in [0.717, 1.165) is 25.7 Å². The topological polar surface area (TPSA) is 83.5 Å². The Morgan fingerprint density at radius 3 is 2.58 bits per heavy atom. The summed E-state index contributed by atoms with van der Waals surface area (Å²) >= 11 is 1.41. The van der Waals surface area contributed by atoms with Crippen molar-refractivity contribution in [2.75, 3.05) is 23.9 Å². The lowest BCUT2D eigenvalue weighted by Gasteiger charge is -2.28. The third-order valence-corrected chi connectivity index (χ3v) is 7.19. The van der Waals surface area contributed by atoms with Crippen LogP contribution in [0.5, 0.6) is 0 Å². The van der Waals surface area contributed by atoms with Crippen LogP contribution in [0.4, 0.5) is 0 Å². The predicted molar refractivity (Wildman–Crippen MR) is 75.9 cm³/mol. The standard InChI is InChI=1S/C12H21NO4S2/c14-9-12(4-1-2-5-12)13-11(15)7-18-10-3-6-19(16,17)8-10/h10,14H,1-9H2,(H,13,15). The summed E-state index contributed by atoms with van der Waals surface area (Å²) in [6.45, 7) is -0.0127. The molecule has 0 aromatic carbocycles. The smallest absolute Gasteiger partial charge is 0.230 e. The molecule has 2 rings (SSSR count). The van der Waals surface area contributed by atoms with E-state index in [9.17, 15) is 18.3 Å². The maximum Gasteiger partial charge on any atom is 0.230 e. The lowest BCUT2D eigenvalue weighted by atomic mass is 9.99. The zero-order chi connectivity index (χ0) is 13.9. The summed E-state index contributed by atoms with van der Waals surface area (Å²) in [4.78, 5) is 11.9. The highest BCUT2D eigenvalue weighted by Crippen LogP contribution is 2.29. The molecular formula is C12H21NO4S2. The normalized spacial score (nSPS) is 28.4. The summed E-state index contributed by atoms with van der Waals surface area (Å²) in [5, 5.41) is 12.4. The van der Waals surface area contributed by atoms with Crippen molar-refractivity contribution in [3.8, 4) is 0 Å². The van der Waals surface area contributed by atoms with Crippen LogP contribution in [0.2, 0.25) is 0 Å². The Bertz CT molecular complexity index is 429. The molecule has 19 heavy (non-hydrogen) atoms. The third-order valence-electron chi connectivity index (χ3n) is 3.91. The van der Waals surface area contributed by atoms with Gasteiger partial charge in [-0.1, -0.05) is 12.8 Å². The van der Waals surface area contributed by atoms with Crippen molar-refractivity contribution < 1.29 is 18.3 Å². The summed E-state index contributed by atoms with van der Waals surface area (Å²) in [7, 11) is -2.88. The van der Waals surface area contributed by atoms with E-state index in [2.05, 4.69) is 5.32 Å². The minimum Gasteiger partial charge on any atom is -0.394 e. The van der Waals surface area contributed by atoms with Gasteiger partial charge >= 0.3 is 0 Å². The van der Waals surface area contributed by atoms with Gasteiger partial charge in [-0.25, -0.2) is 8.42 Å². The van der Waals surface area contributed by atoms with E-state index in [4.69, 9.17) is 0 Å². The average Bonchev–Trinajstić information content (AvgIpc) is 2.94. The molecule has 1 saturated heterocycles. The molecule has 1 atom stereocenters. The number of hydrogen-bond donors (Lipinski definition) is 2. The Morgan fingerprint density at radius 1 is 1.37 bits per heavy atom. The van der Waals surface area contributed by atoms with Crippen molar-refractivity contribution in [3.05, 3.63) is 0 Å². The molecule has 0 spiro atoms. The van der Waals surface area contributed by atoms with Crippen LogP contribution in [-0.2, 0) is 14.6 Å². The number of aliphatic hydroxyl groups is 1. The van der Waals surface area contributed by atoms with Crippen LogP contribution in [0.25, 0.3) is 0 Å². The number of aliphatic hydroxyl groups excluding tert-OH is 1. The van der Waals surface area contributed by atoms with Crippen molar-refractivity contribution in [1.82, 2.24) is 5.32 Å². The first-order chi connectivity index (χ1) is 8.95. The fraction of sp³-hybridized carbons (Fsp3) is 0.917. The highest BCUT2D eigenvalue weighted by Gasteiger charge is 2.35. The molecule has 5 nitrogen and oxygen atoms in total. The van der Waals surface area contributed by atoms with Crippen LogP contribution in [0.1, 0.15) is 32.1 Å². The SMILES string of the molecule is O=C(CSC1CCS(=O)(=O)C1)NC1(CO)CCCC1. The maximum absolute atomic E-state index is 11.9. The first-order valence-corrected chi connectivity index (χ1v) is 9.56. The minimum atomic E-state index is -2.88. The molecule has 0 aromatic heterocycles. The molecule has 1 amide bonds. The van der Waals surface area contributed by atoms with Crippen molar-refractivity contribution in [2.45, 2.75) is 42.9 Å².